The monoisotopic (exact) mass is 456 g/mol. The fourth-order valence-electron chi connectivity index (χ4n) is 3.10. The van der Waals surface area contributed by atoms with E-state index in [4.69, 9.17) is 15.0 Å². The minimum atomic E-state index is -5.08. The summed E-state index contributed by atoms with van der Waals surface area (Å²) in [6.45, 7) is 8.02. The van der Waals surface area contributed by atoms with Gasteiger partial charge in [-0.2, -0.15) is 13.2 Å². The number of aromatic nitrogens is 2. The first-order chi connectivity index (χ1) is 14.9. The number of aromatic carboxylic acids is 1. The first-order valence-electron chi connectivity index (χ1n) is 9.50. The Hall–Kier alpha value is -3.41. The number of carboxylic acids is 2. The molecule has 2 aromatic rings. The van der Waals surface area contributed by atoms with Gasteiger partial charge in [-0.25, -0.2) is 19.6 Å². The number of phenols is 1. The van der Waals surface area contributed by atoms with Crippen LogP contribution in [-0.4, -0.2) is 74.5 Å². The highest BCUT2D eigenvalue weighted by Gasteiger charge is 2.38. The average Bonchev–Trinajstić information content (AvgIpc) is 2.72. The second kappa shape index (κ2) is 10.3. The summed E-state index contributed by atoms with van der Waals surface area (Å²) in [5, 5.41) is 25.9. The largest absolute Gasteiger partial charge is 0.507 e. The quantitative estimate of drug-likeness (QED) is 0.636. The van der Waals surface area contributed by atoms with Crippen LogP contribution in [0.1, 0.15) is 27.0 Å². The lowest BCUT2D eigenvalue weighted by atomic mass is 10.1. The lowest BCUT2D eigenvalue weighted by molar-refractivity contribution is -0.192. The third-order valence-electron chi connectivity index (χ3n) is 4.74. The number of phenolic OH excluding ortho intramolecular Hbond substituents is 1. The molecule has 0 saturated carbocycles. The first-order valence-corrected chi connectivity index (χ1v) is 9.50. The number of halogens is 3. The van der Waals surface area contributed by atoms with E-state index in [2.05, 4.69) is 19.8 Å². The lowest BCUT2D eigenvalue weighted by Crippen LogP contribution is -2.46. The first kappa shape index (κ1) is 24.9. The molecule has 1 aromatic heterocycles. The van der Waals surface area contributed by atoms with Crippen molar-refractivity contribution in [1.82, 2.24) is 14.9 Å². The van der Waals surface area contributed by atoms with Gasteiger partial charge in [-0.1, -0.05) is 12.1 Å². The summed E-state index contributed by atoms with van der Waals surface area (Å²) in [5.74, 6) is -2.83. The summed E-state index contributed by atoms with van der Waals surface area (Å²) in [5.41, 5.74) is 3.10. The number of aryl methyl sites for hydroxylation is 2. The SMILES string of the molecule is Cc1cc(CN2CCN(c3ncc(C(=O)O)cn3)CC2)cc(C)c1O.O=C(O)C(F)(F)F. The van der Waals surface area contributed by atoms with E-state index in [0.29, 0.717) is 11.7 Å². The van der Waals surface area contributed by atoms with E-state index in [1.165, 1.54) is 18.0 Å². The molecule has 0 bridgehead atoms. The smallest absolute Gasteiger partial charge is 0.490 e. The number of aromatic hydroxyl groups is 1. The van der Waals surface area contributed by atoms with Gasteiger partial charge in [-0.15, -0.1) is 0 Å². The van der Waals surface area contributed by atoms with E-state index in [0.717, 1.165) is 43.9 Å². The third-order valence-corrected chi connectivity index (χ3v) is 4.74. The number of hydrogen-bond donors (Lipinski definition) is 3. The van der Waals surface area contributed by atoms with E-state index in [1.807, 2.05) is 26.0 Å². The number of alkyl halides is 3. The van der Waals surface area contributed by atoms with Crippen molar-refractivity contribution in [2.24, 2.45) is 0 Å². The number of rotatable bonds is 4. The van der Waals surface area contributed by atoms with Crippen molar-refractivity contribution in [3.05, 3.63) is 46.8 Å². The topological polar surface area (TPSA) is 127 Å². The molecule has 0 unspecified atom stereocenters. The fraction of sp³-hybridized carbons (Fsp3) is 0.400. The molecule has 174 valence electrons. The molecule has 1 saturated heterocycles. The number of benzene rings is 1. The molecule has 0 amide bonds. The molecule has 1 aromatic carbocycles. The lowest BCUT2D eigenvalue weighted by Gasteiger charge is -2.34. The van der Waals surface area contributed by atoms with Crippen LogP contribution in [0.5, 0.6) is 5.75 Å². The number of carbonyl (C=O) groups is 2. The Kier molecular flexibility index (Phi) is 7.97. The Morgan fingerprint density at radius 3 is 1.88 bits per heavy atom. The van der Waals surface area contributed by atoms with Crippen molar-refractivity contribution in [1.29, 1.82) is 0 Å². The molecular formula is C20H23F3N4O5. The molecule has 0 radical (unpaired) electrons. The number of anilines is 1. The summed E-state index contributed by atoms with van der Waals surface area (Å²) in [4.78, 5) is 32.5. The maximum atomic E-state index is 10.9. The number of carboxylic acid groups (broad SMARTS) is 2. The molecule has 3 rings (SSSR count). The highest BCUT2D eigenvalue weighted by molar-refractivity contribution is 5.86. The van der Waals surface area contributed by atoms with E-state index in [1.54, 1.807) is 0 Å². The molecule has 0 spiro atoms. The minimum absolute atomic E-state index is 0.0976. The number of hydrogen-bond acceptors (Lipinski definition) is 7. The minimum Gasteiger partial charge on any atom is -0.507 e. The van der Waals surface area contributed by atoms with Crippen LogP contribution in [0.25, 0.3) is 0 Å². The summed E-state index contributed by atoms with van der Waals surface area (Å²) in [6, 6.07) is 4.06. The second-order valence-corrected chi connectivity index (χ2v) is 7.22. The molecule has 2 heterocycles. The normalized spacial score (nSPS) is 14.5. The molecule has 1 aliphatic heterocycles. The molecule has 3 N–H and O–H groups in total. The van der Waals surface area contributed by atoms with Crippen LogP contribution in [0.15, 0.2) is 24.5 Å². The number of nitrogens with zero attached hydrogens (tertiary/aromatic N) is 4. The highest BCUT2D eigenvalue weighted by Crippen LogP contribution is 2.24. The van der Waals surface area contributed by atoms with Crippen LogP contribution in [0, 0.1) is 13.8 Å². The van der Waals surface area contributed by atoms with Gasteiger partial charge in [0.2, 0.25) is 5.95 Å². The van der Waals surface area contributed by atoms with E-state index in [9.17, 15) is 23.1 Å². The van der Waals surface area contributed by atoms with Crippen LogP contribution >= 0.6 is 0 Å². The highest BCUT2D eigenvalue weighted by atomic mass is 19.4. The standard InChI is InChI=1S/C18H22N4O3.C2HF3O2/c1-12-7-14(8-13(2)16(12)23)11-21-3-5-22(6-4-21)18-19-9-15(10-20-18)17(24)25;3-2(4,5)1(6)7/h7-10,23H,3-6,11H2,1-2H3,(H,24,25);(H,6,7). The zero-order valence-corrected chi connectivity index (χ0v) is 17.4. The van der Waals surface area contributed by atoms with Gasteiger partial charge in [-0.3, -0.25) is 4.90 Å². The van der Waals surface area contributed by atoms with Crippen LogP contribution in [0.3, 0.4) is 0 Å². The predicted molar refractivity (Wildman–Crippen MR) is 108 cm³/mol. The molecular weight excluding hydrogens is 433 g/mol. The van der Waals surface area contributed by atoms with Gasteiger partial charge in [0.15, 0.2) is 0 Å². The molecule has 1 aliphatic rings. The summed E-state index contributed by atoms with van der Waals surface area (Å²) >= 11 is 0. The van der Waals surface area contributed by atoms with Gasteiger partial charge in [0.05, 0.1) is 5.56 Å². The van der Waals surface area contributed by atoms with Gasteiger partial charge in [0.25, 0.3) is 0 Å². The van der Waals surface area contributed by atoms with Crippen LogP contribution in [0.4, 0.5) is 19.1 Å². The van der Waals surface area contributed by atoms with Gasteiger partial charge in [-0.05, 0) is 30.5 Å². The van der Waals surface area contributed by atoms with Crippen LogP contribution in [-0.2, 0) is 11.3 Å². The van der Waals surface area contributed by atoms with Gasteiger partial charge in [0.1, 0.15) is 5.75 Å². The van der Waals surface area contributed by atoms with Crippen molar-refractivity contribution in [3.63, 3.8) is 0 Å². The zero-order chi connectivity index (χ0) is 24.1. The Bertz CT molecular complexity index is 936. The Labute approximate surface area is 181 Å². The fourth-order valence-corrected chi connectivity index (χ4v) is 3.10. The molecule has 0 atom stereocenters. The Balaban J connectivity index is 0.000000451. The van der Waals surface area contributed by atoms with Crippen LogP contribution < -0.4 is 4.90 Å². The average molecular weight is 456 g/mol. The van der Waals surface area contributed by atoms with Crippen molar-refractivity contribution in [2.75, 3.05) is 31.1 Å². The van der Waals surface area contributed by atoms with Crippen molar-refractivity contribution in [3.8, 4) is 5.75 Å². The molecule has 32 heavy (non-hydrogen) atoms. The maximum absolute atomic E-state index is 10.9. The van der Waals surface area contributed by atoms with Crippen molar-refractivity contribution < 1.29 is 38.1 Å². The molecule has 9 nitrogen and oxygen atoms in total. The Morgan fingerprint density at radius 2 is 1.47 bits per heavy atom. The summed E-state index contributed by atoms with van der Waals surface area (Å²) in [7, 11) is 0. The van der Waals surface area contributed by atoms with Gasteiger partial charge < -0.3 is 20.2 Å². The van der Waals surface area contributed by atoms with E-state index < -0.39 is 18.1 Å². The number of piperazine rings is 1. The maximum Gasteiger partial charge on any atom is 0.490 e. The second-order valence-electron chi connectivity index (χ2n) is 7.22. The third kappa shape index (κ3) is 6.80. The molecule has 0 aliphatic carbocycles. The van der Waals surface area contributed by atoms with Crippen LogP contribution in [0.2, 0.25) is 0 Å². The molecule has 12 heteroatoms. The summed E-state index contributed by atoms with van der Waals surface area (Å²) < 4.78 is 31.7. The zero-order valence-electron chi connectivity index (χ0n) is 17.4. The van der Waals surface area contributed by atoms with E-state index >= 15 is 0 Å². The Morgan fingerprint density at radius 1 is 1.00 bits per heavy atom. The van der Waals surface area contributed by atoms with Gasteiger partial charge in [0, 0.05) is 45.1 Å². The van der Waals surface area contributed by atoms with Gasteiger partial charge >= 0.3 is 18.1 Å². The summed E-state index contributed by atoms with van der Waals surface area (Å²) in [6.07, 6.45) is -2.39. The molecule has 1 fully saturated rings. The number of aliphatic carboxylic acids is 1. The van der Waals surface area contributed by atoms with E-state index in [-0.39, 0.29) is 5.56 Å². The van der Waals surface area contributed by atoms with Crippen molar-refractivity contribution in [2.45, 2.75) is 26.6 Å². The predicted octanol–water partition coefficient (Wildman–Crippen LogP) is 2.45. The van der Waals surface area contributed by atoms with Crippen molar-refractivity contribution >= 4 is 17.9 Å².